The van der Waals surface area contributed by atoms with Gasteiger partial charge in [-0.15, -0.1) is 0 Å². The third-order valence-corrected chi connectivity index (χ3v) is 5.58. The first-order valence-corrected chi connectivity index (χ1v) is 13.1. The second-order valence-electron chi connectivity index (χ2n) is 9.09. The first-order valence-electron chi connectivity index (χ1n) is 13.1. The van der Waals surface area contributed by atoms with E-state index in [1.807, 2.05) is 12.1 Å². The summed E-state index contributed by atoms with van der Waals surface area (Å²) >= 11 is 0. The van der Waals surface area contributed by atoms with Crippen LogP contribution in [0.2, 0.25) is 0 Å². The van der Waals surface area contributed by atoms with Crippen LogP contribution in [-0.2, 0) is 25.5 Å². The molecule has 0 fully saturated rings. The van der Waals surface area contributed by atoms with Gasteiger partial charge in [0.05, 0.1) is 0 Å². The summed E-state index contributed by atoms with van der Waals surface area (Å²) in [5, 5.41) is 0. The number of carbonyl (C=O) groups excluding carboxylic acids is 3. The van der Waals surface area contributed by atoms with Gasteiger partial charge in [-0.3, -0.25) is 14.4 Å². The molecule has 0 radical (unpaired) electrons. The highest BCUT2D eigenvalue weighted by Crippen LogP contribution is 2.25. The van der Waals surface area contributed by atoms with Crippen molar-refractivity contribution < 1.29 is 28.6 Å². The molecule has 1 atom stereocenters. The zero-order valence-corrected chi connectivity index (χ0v) is 22.1. The molecule has 0 saturated carbocycles. The Morgan fingerprint density at radius 1 is 0.743 bits per heavy atom. The van der Waals surface area contributed by atoms with Crippen LogP contribution < -0.4 is 9.47 Å². The van der Waals surface area contributed by atoms with E-state index in [4.69, 9.17) is 14.2 Å². The number of esters is 3. The highest BCUT2D eigenvalue weighted by Gasteiger charge is 2.10. The van der Waals surface area contributed by atoms with Crippen LogP contribution in [0.15, 0.2) is 30.4 Å². The number of rotatable bonds is 18. The van der Waals surface area contributed by atoms with Crippen molar-refractivity contribution in [3.63, 3.8) is 0 Å². The molecule has 6 heteroatoms. The average molecular weight is 489 g/mol. The van der Waals surface area contributed by atoms with Gasteiger partial charge in [-0.1, -0.05) is 57.6 Å². The Bertz CT molecular complexity index is 764. The van der Waals surface area contributed by atoms with E-state index in [2.05, 4.69) is 19.1 Å². The van der Waals surface area contributed by atoms with E-state index < -0.39 is 11.9 Å². The Morgan fingerprint density at radius 3 is 1.94 bits per heavy atom. The van der Waals surface area contributed by atoms with Gasteiger partial charge in [0.15, 0.2) is 0 Å². The maximum Gasteiger partial charge on any atom is 0.308 e. The molecule has 0 bridgehead atoms. The van der Waals surface area contributed by atoms with E-state index in [-0.39, 0.29) is 12.1 Å². The van der Waals surface area contributed by atoms with E-state index in [9.17, 15) is 14.4 Å². The topological polar surface area (TPSA) is 78.9 Å². The third kappa shape index (κ3) is 16.6. The number of aryl methyl sites for hydroxylation is 1. The first kappa shape index (κ1) is 30.4. The monoisotopic (exact) mass is 488 g/mol. The van der Waals surface area contributed by atoms with Crippen molar-refractivity contribution >= 4 is 17.9 Å². The third-order valence-electron chi connectivity index (χ3n) is 5.58. The molecule has 0 saturated heterocycles. The van der Waals surface area contributed by atoms with E-state index in [0.29, 0.717) is 11.5 Å². The number of hydrogen-bond donors (Lipinski definition) is 0. The molecular formula is C29H44O6. The van der Waals surface area contributed by atoms with E-state index in [0.717, 1.165) is 63.4 Å². The van der Waals surface area contributed by atoms with E-state index >= 15 is 0 Å². The average Bonchev–Trinajstić information content (AvgIpc) is 2.76. The second-order valence-corrected chi connectivity index (χ2v) is 9.09. The van der Waals surface area contributed by atoms with Crippen molar-refractivity contribution in [2.45, 2.75) is 117 Å². The van der Waals surface area contributed by atoms with Gasteiger partial charge in [-0.2, -0.15) is 0 Å². The van der Waals surface area contributed by atoms with Gasteiger partial charge in [-0.25, -0.2) is 0 Å². The number of carbonyl (C=O) groups is 3. The first-order chi connectivity index (χ1) is 16.8. The van der Waals surface area contributed by atoms with Crippen molar-refractivity contribution in [1.29, 1.82) is 0 Å². The van der Waals surface area contributed by atoms with Crippen LogP contribution in [0.3, 0.4) is 0 Å². The molecule has 0 spiro atoms. The fourth-order valence-electron chi connectivity index (χ4n) is 3.97. The molecule has 0 heterocycles. The van der Waals surface area contributed by atoms with Crippen molar-refractivity contribution in [1.82, 2.24) is 0 Å². The predicted octanol–water partition coefficient (Wildman–Crippen LogP) is 7.27. The zero-order valence-electron chi connectivity index (χ0n) is 22.1. The molecule has 1 aromatic carbocycles. The summed E-state index contributed by atoms with van der Waals surface area (Å²) in [6, 6.07) is 5.21. The summed E-state index contributed by atoms with van der Waals surface area (Å²) in [6.07, 6.45) is 18.3. The van der Waals surface area contributed by atoms with E-state index in [1.54, 1.807) is 6.07 Å². The van der Waals surface area contributed by atoms with Crippen LogP contribution in [0.25, 0.3) is 0 Å². The van der Waals surface area contributed by atoms with Crippen molar-refractivity contribution in [3.8, 4) is 11.5 Å². The lowest BCUT2D eigenvalue weighted by Crippen LogP contribution is -2.15. The van der Waals surface area contributed by atoms with Crippen molar-refractivity contribution in [2.24, 2.45) is 0 Å². The lowest BCUT2D eigenvalue weighted by atomic mass is 10.0. The molecule has 0 aliphatic heterocycles. The van der Waals surface area contributed by atoms with Crippen LogP contribution >= 0.6 is 0 Å². The summed E-state index contributed by atoms with van der Waals surface area (Å²) in [5.41, 5.74) is 0.986. The lowest BCUT2D eigenvalue weighted by Gasteiger charge is -2.15. The van der Waals surface area contributed by atoms with Gasteiger partial charge in [0, 0.05) is 33.3 Å². The lowest BCUT2D eigenvalue weighted by molar-refractivity contribution is -0.146. The Kier molecular flexibility index (Phi) is 16.2. The highest BCUT2D eigenvalue weighted by molar-refractivity contribution is 5.71. The highest BCUT2D eigenvalue weighted by atomic mass is 16.5. The number of allylic oxidation sites excluding steroid dienone is 1. The van der Waals surface area contributed by atoms with Crippen LogP contribution in [0.1, 0.15) is 110 Å². The summed E-state index contributed by atoms with van der Waals surface area (Å²) < 4.78 is 15.8. The number of benzene rings is 1. The van der Waals surface area contributed by atoms with Gasteiger partial charge >= 0.3 is 17.9 Å². The molecule has 1 rings (SSSR count). The fourth-order valence-corrected chi connectivity index (χ4v) is 3.97. The molecule has 1 unspecified atom stereocenters. The summed E-state index contributed by atoms with van der Waals surface area (Å²) in [4.78, 5) is 33.9. The summed E-state index contributed by atoms with van der Waals surface area (Å²) in [7, 11) is 0. The quantitative estimate of drug-likeness (QED) is 0.0936. The SMILES string of the molecule is CCCCCCC(CC=CCCCCCCCc1cc(OC(C)=O)cc(OC(C)=O)c1)OC(C)=O. The molecule has 6 nitrogen and oxygen atoms in total. The molecule has 1 aromatic rings. The Hall–Kier alpha value is -2.63. The molecule has 0 aliphatic rings. The standard InChI is InChI=1S/C29H44O6/c1-5-6-7-15-18-27(33-23(2)30)19-16-13-11-9-8-10-12-14-17-26-20-28(34-24(3)31)22-29(21-26)35-25(4)32/h13,16,20-22,27H,5-12,14-15,17-19H2,1-4H3. The van der Waals surface area contributed by atoms with Gasteiger partial charge in [0.2, 0.25) is 0 Å². The van der Waals surface area contributed by atoms with E-state index in [1.165, 1.54) is 46.5 Å². The van der Waals surface area contributed by atoms with Crippen molar-refractivity contribution in [2.75, 3.05) is 0 Å². The van der Waals surface area contributed by atoms with Crippen LogP contribution in [0.5, 0.6) is 11.5 Å². The zero-order chi connectivity index (χ0) is 25.9. The van der Waals surface area contributed by atoms with Crippen LogP contribution in [-0.4, -0.2) is 24.0 Å². The minimum absolute atomic E-state index is 0.00122. The summed E-state index contributed by atoms with van der Waals surface area (Å²) in [6.45, 7) is 6.37. The molecule has 0 N–H and O–H groups in total. The predicted molar refractivity (Wildman–Crippen MR) is 139 cm³/mol. The maximum atomic E-state index is 11.3. The second kappa shape index (κ2) is 18.7. The smallest absolute Gasteiger partial charge is 0.308 e. The maximum absolute atomic E-state index is 11.3. The van der Waals surface area contributed by atoms with Gasteiger partial charge in [0.25, 0.3) is 0 Å². The molecule has 35 heavy (non-hydrogen) atoms. The normalized spacial score (nSPS) is 11.9. The summed E-state index contributed by atoms with van der Waals surface area (Å²) in [5.74, 6) is -0.206. The largest absolute Gasteiger partial charge is 0.462 e. The fraction of sp³-hybridized carbons (Fsp3) is 0.621. The van der Waals surface area contributed by atoms with Crippen molar-refractivity contribution in [3.05, 3.63) is 35.9 Å². The van der Waals surface area contributed by atoms with Crippen LogP contribution in [0.4, 0.5) is 0 Å². The molecular weight excluding hydrogens is 444 g/mol. The molecule has 0 amide bonds. The Labute approximate surface area is 211 Å². The van der Waals surface area contributed by atoms with Crippen LogP contribution in [0, 0.1) is 0 Å². The van der Waals surface area contributed by atoms with Gasteiger partial charge < -0.3 is 14.2 Å². The molecule has 196 valence electrons. The Balaban J connectivity index is 2.27. The minimum atomic E-state index is -0.404. The van der Waals surface area contributed by atoms with Gasteiger partial charge in [0.1, 0.15) is 17.6 Å². The molecule has 0 aliphatic carbocycles. The minimum Gasteiger partial charge on any atom is -0.462 e. The number of hydrogen-bond acceptors (Lipinski definition) is 6. The number of unbranched alkanes of at least 4 members (excludes halogenated alkanes) is 8. The number of ether oxygens (including phenoxy) is 3. The van der Waals surface area contributed by atoms with Gasteiger partial charge in [-0.05, 0) is 56.2 Å². The Morgan fingerprint density at radius 2 is 1.34 bits per heavy atom. The molecule has 0 aromatic heterocycles.